The van der Waals surface area contributed by atoms with Crippen molar-refractivity contribution in [2.45, 2.75) is 65.1 Å². The average Bonchev–Trinajstić information content (AvgIpc) is 3.32. The van der Waals surface area contributed by atoms with Gasteiger partial charge in [-0.2, -0.15) is 0 Å². The number of amides is 3. The Kier molecular flexibility index (Phi) is 6.80. The van der Waals surface area contributed by atoms with Crippen molar-refractivity contribution < 1.29 is 18.8 Å². The molecule has 1 aliphatic rings. The monoisotopic (exact) mass is 413 g/mol. The molecule has 7 heteroatoms. The van der Waals surface area contributed by atoms with Crippen LogP contribution in [0, 0.1) is 5.92 Å². The van der Waals surface area contributed by atoms with Crippen LogP contribution in [0.3, 0.4) is 0 Å². The maximum Gasteiger partial charge on any atom is 0.245 e. The zero-order valence-electron chi connectivity index (χ0n) is 18.1. The Balaban J connectivity index is 1.72. The van der Waals surface area contributed by atoms with E-state index in [1.165, 1.54) is 6.92 Å². The summed E-state index contributed by atoms with van der Waals surface area (Å²) in [5, 5.41) is 6.49. The Morgan fingerprint density at radius 3 is 2.60 bits per heavy atom. The molecule has 0 unspecified atom stereocenters. The summed E-state index contributed by atoms with van der Waals surface area (Å²) in [6.45, 7) is 7.49. The lowest BCUT2D eigenvalue weighted by atomic mass is 9.99. The van der Waals surface area contributed by atoms with Crippen molar-refractivity contribution >= 4 is 28.7 Å². The fraction of sp³-hybridized carbons (Fsp3) is 0.522. The highest BCUT2D eigenvalue weighted by Crippen LogP contribution is 2.28. The molecule has 1 fully saturated rings. The Hall–Kier alpha value is -2.83. The molecule has 2 aromatic rings. The highest BCUT2D eigenvalue weighted by molar-refractivity contribution is 5.92. The van der Waals surface area contributed by atoms with E-state index < -0.39 is 12.1 Å². The van der Waals surface area contributed by atoms with Gasteiger partial charge in [-0.25, -0.2) is 0 Å². The molecule has 1 saturated heterocycles. The fourth-order valence-electron chi connectivity index (χ4n) is 4.12. The van der Waals surface area contributed by atoms with Crippen molar-refractivity contribution in [3.8, 4) is 0 Å². The van der Waals surface area contributed by atoms with E-state index in [1.807, 2.05) is 43.0 Å². The number of furan rings is 1. The van der Waals surface area contributed by atoms with Gasteiger partial charge in [0, 0.05) is 30.5 Å². The third-order valence-electron chi connectivity index (χ3n) is 5.72. The number of nitrogens with zero attached hydrogens (tertiary/aromatic N) is 1. The summed E-state index contributed by atoms with van der Waals surface area (Å²) in [6.07, 6.45) is 4.37. The molecule has 0 bridgehead atoms. The van der Waals surface area contributed by atoms with Crippen molar-refractivity contribution in [3.63, 3.8) is 0 Å². The van der Waals surface area contributed by atoms with Crippen LogP contribution in [-0.4, -0.2) is 47.3 Å². The van der Waals surface area contributed by atoms with E-state index in [-0.39, 0.29) is 29.7 Å². The maximum atomic E-state index is 13.4. The van der Waals surface area contributed by atoms with Crippen molar-refractivity contribution in [1.29, 1.82) is 0 Å². The summed E-state index contributed by atoms with van der Waals surface area (Å²) < 4.78 is 5.66. The normalized spacial score (nSPS) is 18.4. The zero-order valence-corrected chi connectivity index (χ0v) is 18.1. The smallest absolute Gasteiger partial charge is 0.245 e. The van der Waals surface area contributed by atoms with Gasteiger partial charge in [-0.15, -0.1) is 0 Å². The molecule has 2 N–H and O–H groups in total. The molecule has 0 radical (unpaired) electrons. The molecule has 30 heavy (non-hydrogen) atoms. The van der Waals surface area contributed by atoms with Gasteiger partial charge in [0.2, 0.25) is 17.7 Å². The fourth-order valence-corrected chi connectivity index (χ4v) is 4.12. The highest BCUT2D eigenvalue weighted by Gasteiger charge is 2.36. The first-order valence-corrected chi connectivity index (χ1v) is 10.6. The number of nitrogens with one attached hydrogen (secondary N) is 2. The first-order chi connectivity index (χ1) is 14.3. The summed E-state index contributed by atoms with van der Waals surface area (Å²) in [5.41, 5.74) is 1.95. The largest absolute Gasteiger partial charge is 0.464 e. The molecular weight excluding hydrogens is 382 g/mol. The molecular formula is C23H31N3O4. The maximum absolute atomic E-state index is 13.4. The third kappa shape index (κ3) is 4.83. The highest BCUT2D eigenvalue weighted by atomic mass is 16.3. The minimum absolute atomic E-state index is 0.0660. The van der Waals surface area contributed by atoms with Gasteiger partial charge in [0.25, 0.3) is 0 Å². The summed E-state index contributed by atoms with van der Waals surface area (Å²) in [5.74, 6) is -0.767. The van der Waals surface area contributed by atoms with Crippen LogP contribution in [0.4, 0.5) is 0 Å². The number of benzene rings is 1. The van der Waals surface area contributed by atoms with E-state index in [9.17, 15) is 14.4 Å². The van der Waals surface area contributed by atoms with E-state index in [2.05, 4.69) is 10.6 Å². The van der Waals surface area contributed by atoms with Crippen LogP contribution >= 0.6 is 0 Å². The topological polar surface area (TPSA) is 91.7 Å². The molecule has 3 atom stereocenters. The van der Waals surface area contributed by atoms with Gasteiger partial charge < -0.3 is 20.0 Å². The van der Waals surface area contributed by atoms with Crippen molar-refractivity contribution in [2.75, 3.05) is 6.54 Å². The summed E-state index contributed by atoms with van der Waals surface area (Å²) >= 11 is 0. The SMILES string of the molecule is CC(=O)N[C@@H](C)C(=O)N[C@H](C(=O)N1CCC[C@H]1Cc1coc2ccccc12)C(C)C. The van der Waals surface area contributed by atoms with Gasteiger partial charge in [-0.05, 0) is 38.2 Å². The van der Waals surface area contributed by atoms with Crippen LogP contribution in [0.15, 0.2) is 34.9 Å². The molecule has 1 aliphatic heterocycles. The van der Waals surface area contributed by atoms with Crippen LogP contribution in [0.1, 0.15) is 46.1 Å². The van der Waals surface area contributed by atoms with Crippen molar-refractivity contribution in [1.82, 2.24) is 15.5 Å². The Morgan fingerprint density at radius 2 is 1.90 bits per heavy atom. The molecule has 0 aliphatic carbocycles. The second-order valence-corrected chi connectivity index (χ2v) is 8.44. The van der Waals surface area contributed by atoms with Gasteiger partial charge in [0.1, 0.15) is 17.7 Å². The number of carbonyl (C=O) groups excluding carboxylic acids is 3. The number of hydrogen-bond donors (Lipinski definition) is 2. The van der Waals surface area contributed by atoms with Gasteiger partial charge in [-0.3, -0.25) is 14.4 Å². The molecule has 0 saturated carbocycles. The molecule has 7 nitrogen and oxygen atoms in total. The van der Waals surface area contributed by atoms with Crippen LogP contribution in [0.2, 0.25) is 0 Å². The lowest BCUT2D eigenvalue weighted by molar-refractivity contribution is -0.139. The zero-order chi connectivity index (χ0) is 21.8. The van der Waals surface area contributed by atoms with Crippen LogP contribution in [-0.2, 0) is 20.8 Å². The first-order valence-electron chi connectivity index (χ1n) is 10.6. The minimum Gasteiger partial charge on any atom is -0.464 e. The minimum atomic E-state index is -0.691. The van der Waals surface area contributed by atoms with E-state index in [1.54, 1.807) is 13.2 Å². The molecule has 1 aromatic heterocycles. The quantitative estimate of drug-likeness (QED) is 0.730. The third-order valence-corrected chi connectivity index (χ3v) is 5.72. The van der Waals surface area contributed by atoms with E-state index in [0.29, 0.717) is 6.54 Å². The van der Waals surface area contributed by atoms with Crippen LogP contribution in [0.5, 0.6) is 0 Å². The lowest BCUT2D eigenvalue weighted by Gasteiger charge is -2.31. The standard InChI is InChI=1S/C23H31N3O4/c1-14(2)21(25-22(28)15(3)24-16(4)27)23(29)26-11-7-8-18(26)12-17-13-30-20-10-6-5-9-19(17)20/h5-6,9-10,13-15,18,21H,7-8,11-12H2,1-4H3,(H,24,27)(H,25,28)/t15-,18-,21-/m0/s1. The Labute approximate surface area is 177 Å². The average molecular weight is 414 g/mol. The van der Waals surface area contributed by atoms with Crippen molar-refractivity contribution in [3.05, 3.63) is 36.1 Å². The predicted molar refractivity (Wildman–Crippen MR) is 115 cm³/mol. The van der Waals surface area contributed by atoms with E-state index in [4.69, 9.17) is 4.42 Å². The molecule has 2 heterocycles. The molecule has 1 aromatic carbocycles. The number of likely N-dealkylation sites (tertiary alicyclic amines) is 1. The number of carbonyl (C=O) groups is 3. The van der Waals surface area contributed by atoms with Crippen molar-refractivity contribution in [2.24, 2.45) is 5.92 Å². The van der Waals surface area contributed by atoms with Gasteiger partial charge in [-0.1, -0.05) is 32.0 Å². The van der Waals surface area contributed by atoms with Gasteiger partial charge >= 0.3 is 0 Å². The second-order valence-electron chi connectivity index (χ2n) is 8.44. The summed E-state index contributed by atoms with van der Waals surface area (Å²) in [7, 11) is 0. The number of rotatable bonds is 7. The Bertz CT molecular complexity index is 920. The predicted octanol–water partition coefficient (Wildman–Crippen LogP) is 2.63. The summed E-state index contributed by atoms with van der Waals surface area (Å²) in [6, 6.07) is 6.66. The molecule has 3 amide bonds. The molecule has 3 rings (SSSR count). The van der Waals surface area contributed by atoms with Gasteiger partial charge in [0.15, 0.2) is 0 Å². The first kappa shape index (κ1) is 21.9. The van der Waals surface area contributed by atoms with Crippen LogP contribution < -0.4 is 10.6 Å². The lowest BCUT2D eigenvalue weighted by Crippen LogP contribution is -2.56. The van der Waals surface area contributed by atoms with E-state index >= 15 is 0 Å². The second kappa shape index (κ2) is 9.32. The molecule has 0 spiro atoms. The van der Waals surface area contributed by atoms with Gasteiger partial charge in [0.05, 0.1) is 6.26 Å². The van der Waals surface area contributed by atoms with E-state index in [0.717, 1.165) is 35.8 Å². The molecule has 162 valence electrons. The van der Waals surface area contributed by atoms with Crippen LogP contribution in [0.25, 0.3) is 11.0 Å². The Morgan fingerprint density at radius 1 is 1.17 bits per heavy atom. The number of hydrogen-bond acceptors (Lipinski definition) is 4. The number of fused-ring (bicyclic) bond motifs is 1. The number of para-hydroxylation sites is 1. The summed E-state index contributed by atoms with van der Waals surface area (Å²) in [4.78, 5) is 39.0.